The van der Waals surface area contributed by atoms with Crippen molar-refractivity contribution in [3.63, 3.8) is 0 Å². The van der Waals surface area contributed by atoms with E-state index in [-0.39, 0.29) is 0 Å². The van der Waals surface area contributed by atoms with Gasteiger partial charge in [-0.05, 0) is 45.0 Å². The van der Waals surface area contributed by atoms with Crippen LogP contribution in [0.2, 0.25) is 0 Å². The van der Waals surface area contributed by atoms with Gasteiger partial charge in [-0.3, -0.25) is 9.39 Å². The summed E-state index contributed by atoms with van der Waals surface area (Å²) in [6.07, 6.45) is 6.84. The Bertz CT molecular complexity index is 673. The van der Waals surface area contributed by atoms with E-state index in [0.717, 1.165) is 50.0 Å². The first-order valence-electron chi connectivity index (χ1n) is 9.40. The van der Waals surface area contributed by atoms with E-state index in [4.69, 9.17) is 4.99 Å². The van der Waals surface area contributed by atoms with Crippen LogP contribution in [0.1, 0.15) is 32.0 Å². The third-order valence-corrected chi connectivity index (χ3v) is 4.50. The molecule has 0 bridgehead atoms. The van der Waals surface area contributed by atoms with E-state index in [1.165, 1.54) is 32.4 Å². The lowest BCUT2D eigenvalue weighted by atomic mass is 10.1. The lowest BCUT2D eigenvalue weighted by Crippen LogP contribution is -2.39. The molecule has 25 heavy (non-hydrogen) atoms. The second kappa shape index (κ2) is 9.36. The number of pyridine rings is 1. The second-order valence-corrected chi connectivity index (χ2v) is 6.38. The summed E-state index contributed by atoms with van der Waals surface area (Å²) in [5.41, 5.74) is 0.889. The van der Waals surface area contributed by atoms with Gasteiger partial charge in [-0.2, -0.15) is 0 Å². The number of aromatic nitrogens is 3. The normalized spacial score (nSPS) is 16.3. The number of nitrogens with zero attached hydrogens (tertiary/aromatic N) is 5. The summed E-state index contributed by atoms with van der Waals surface area (Å²) < 4.78 is 2.03. The first kappa shape index (κ1) is 17.7. The van der Waals surface area contributed by atoms with Crippen LogP contribution in [-0.4, -0.2) is 64.7 Å². The summed E-state index contributed by atoms with van der Waals surface area (Å²) in [7, 11) is 0. The minimum atomic E-state index is 0.783. The van der Waals surface area contributed by atoms with E-state index in [0.29, 0.717) is 0 Å². The van der Waals surface area contributed by atoms with Crippen molar-refractivity contribution in [2.24, 2.45) is 4.99 Å². The number of hydrogen-bond acceptors (Lipinski definition) is 4. The summed E-state index contributed by atoms with van der Waals surface area (Å²) in [4.78, 5) is 7.21. The quantitative estimate of drug-likeness (QED) is 0.586. The molecule has 2 aromatic heterocycles. The Labute approximate surface area is 149 Å². The lowest BCUT2D eigenvalue weighted by molar-refractivity contribution is 0.235. The molecule has 1 fully saturated rings. The smallest absolute Gasteiger partial charge is 0.191 e. The molecule has 136 valence electrons. The van der Waals surface area contributed by atoms with Crippen LogP contribution in [0.15, 0.2) is 29.4 Å². The molecule has 1 saturated heterocycles. The zero-order valence-corrected chi connectivity index (χ0v) is 15.1. The molecule has 0 radical (unpaired) electrons. The molecule has 0 amide bonds. The predicted octanol–water partition coefficient (Wildman–Crippen LogP) is 1.31. The molecule has 7 heteroatoms. The Kier molecular flexibility index (Phi) is 6.62. The van der Waals surface area contributed by atoms with Crippen LogP contribution < -0.4 is 10.6 Å². The first-order valence-corrected chi connectivity index (χ1v) is 9.40. The van der Waals surface area contributed by atoms with Gasteiger partial charge in [0.1, 0.15) is 5.82 Å². The number of fused-ring (bicyclic) bond motifs is 1. The topological polar surface area (TPSA) is 69.8 Å². The highest BCUT2D eigenvalue weighted by Gasteiger charge is 2.09. The molecule has 3 rings (SSSR count). The van der Waals surface area contributed by atoms with E-state index in [9.17, 15) is 0 Å². The van der Waals surface area contributed by atoms with E-state index in [2.05, 4.69) is 32.7 Å². The Hall–Kier alpha value is -2.15. The van der Waals surface area contributed by atoms with Crippen molar-refractivity contribution < 1.29 is 0 Å². The average molecular weight is 343 g/mol. The van der Waals surface area contributed by atoms with Gasteiger partial charge in [-0.15, -0.1) is 10.2 Å². The van der Waals surface area contributed by atoms with E-state index in [1.807, 2.05) is 28.8 Å². The molecular formula is C18H29N7. The number of aliphatic imine (C=N–C) groups is 1. The van der Waals surface area contributed by atoms with Crippen molar-refractivity contribution in [2.75, 3.05) is 39.3 Å². The molecule has 3 heterocycles. The number of likely N-dealkylation sites (tertiary alicyclic amines) is 1. The Morgan fingerprint density at radius 3 is 2.88 bits per heavy atom. The summed E-state index contributed by atoms with van der Waals surface area (Å²) >= 11 is 0. The third-order valence-electron chi connectivity index (χ3n) is 4.50. The maximum absolute atomic E-state index is 4.70. The Balaban J connectivity index is 1.46. The maximum Gasteiger partial charge on any atom is 0.191 e. The molecule has 0 saturated carbocycles. The van der Waals surface area contributed by atoms with E-state index < -0.39 is 0 Å². The molecule has 0 atom stereocenters. The van der Waals surface area contributed by atoms with Crippen molar-refractivity contribution in [1.82, 2.24) is 30.1 Å². The van der Waals surface area contributed by atoms with Crippen LogP contribution in [0.3, 0.4) is 0 Å². The Morgan fingerprint density at radius 2 is 2.04 bits per heavy atom. The number of rotatable bonds is 7. The fourth-order valence-corrected chi connectivity index (χ4v) is 3.18. The number of piperidine rings is 1. The van der Waals surface area contributed by atoms with Gasteiger partial charge in [0.2, 0.25) is 0 Å². The number of guanidine groups is 1. The fraction of sp³-hybridized carbons (Fsp3) is 0.611. The summed E-state index contributed by atoms with van der Waals surface area (Å²) in [6.45, 7) is 8.07. The van der Waals surface area contributed by atoms with Crippen LogP contribution in [0.25, 0.3) is 5.65 Å². The first-order chi connectivity index (χ1) is 12.4. The van der Waals surface area contributed by atoms with Crippen LogP contribution in [0, 0.1) is 0 Å². The van der Waals surface area contributed by atoms with Gasteiger partial charge in [0.25, 0.3) is 0 Å². The minimum absolute atomic E-state index is 0.783. The van der Waals surface area contributed by atoms with E-state index in [1.54, 1.807) is 0 Å². The van der Waals surface area contributed by atoms with Crippen molar-refractivity contribution >= 4 is 11.6 Å². The summed E-state index contributed by atoms with van der Waals surface area (Å²) in [5.74, 6) is 1.85. The number of hydrogen-bond donors (Lipinski definition) is 2. The second-order valence-electron chi connectivity index (χ2n) is 6.38. The fourth-order valence-electron chi connectivity index (χ4n) is 3.18. The molecule has 2 N–H and O–H groups in total. The molecule has 7 nitrogen and oxygen atoms in total. The van der Waals surface area contributed by atoms with Crippen LogP contribution in [-0.2, 0) is 6.42 Å². The van der Waals surface area contributed by atoms with Crippen molar-refractivity contribution in [3.8, 4) is 0 Å². The zero-order valence-electron chi connectivity index (χ0n) is 15.1. The molecule has 1 aliphatic heterocycles. The molecule has 0 aromatic carbocycles. The average Bonchev–Trinajstić information content (AvgIpc) is 3.06. The van der Waals surface area contributed by atoms with E-state index >= 15 is 0 Å². The standard InChI is InChI=1S/C18H29N7/c1-2-19-18(21-11-15-24-12-5-3-6-13-24)20-10-9-17-23-22-16-8-4-7-14-25(16)17/h4,7-8,14H,2-3,5-6,9-13,15H2,1H3,(H2,19,20,21). The minimum Gasteiger partial charge on any atom is -0.357 e. The molecule has 1 aliphatic rings. The molecular weight excluding hydrogens is 314 g/mol. The maximum atomic E-state index is 4.70. The van der Waals surface area contributed by atoms with Crippen molar-refractivity contribution in [2.45, 2.75) is 32.6 Å². The highest BCUT2D eigenvalue weighted by Crippen LogP contribution is 2.07. The monoisotopic (exact) mass is 343 g/mol. The Morgan fingerprint density at radius 1 is 1.16 bits per heavy atom. The van der Waals surface area contributed by atoms with Crippen LogP contribution in [0.4, 0.5) is 0 Å². The van der Waals surface area contributed by atoms with Gasteiger partial charge in [0.05, 0.1) is 6.54 Å². The van der Waals surface area contributed by atoms with Gasteiger partial charge in [-0.25, -0.2) is 0 Å². The zero-order chi connectivity index (χ0) is 17.3. The van der Waals surface area contributed by atoms with Crippen molar-refractivity contribution in [1.29, 1.82) is 0 Å². The highest BCUT2D eigenvalue weighted by atomic mass is 15.2. The van der Waals surface area contributed by atoms with Gasteiger partial charge in [-0.1, -0.05) is 12.5 Å². The number of nitrogens with one attached hydrogen (secondary N) is 2. The lowest BCUT2D eigenvalue weighted by Gasteiger charge is -2.25. The van der Waals surface area contributed by atoms with Gasteiger partial charge in [0, 0.05) is 32.3 Å². The third kappa shape index (κ3) is 5.16. The van der Waals surface area contributed by atoms with Gasteiger partial charge in [0.15, 0.2) is 11.6 Å². The van der Waals surface area contributed by atoms with Crippen LogP contribution >= 0.6 is 0 Å². The van der Waals surface area contributed by atoms with Gasteiger partial charge < -0.3 is 15.5 Å². The summed E-state index contributed by atoms with van der Waals surface area (Å²) in [5, 5.41) is 15.2. The SMILES string of the molecule is CCNC(=NCCN1CCCCC1)NCCc1nnc2ccccn12. The molecule has 2 aromatic rings. The highest BCUT2D eigenvalue weighted by molar-refractivity contribution is 5.79. The van der Waals surface area contributed by atoms with Crippen LogP contribution in [0.5, 0.6) is 0 Å². The van der Waals surface area contributed by atoms with Gasteiger partial charge >= 0.3 is 0 Å². The van der Waals surface area contributed by atoms with Crippen molar-refractivity contribution in [3.05, 3.63) is 30.2 Å². The molecule has 0 unspecified atom stereocenters. The molecule has 0 spiro atoms. The predicted molar refractivity (Wildman–Crippen MR) is 101 cm³/mol. The largest absolute Gasteiger partial charge is 0.357 e. The summed E-state index contributed by atoms with van der Waals surface area (Å²) in [6, 6.07) is 5.94. The molecule has 0 aliphatic carbocycles.